The van der Waals surface area contributed by atoms with E-state index in [2.05, 4.69) is 10.3 Å². The Kier molecular flexibility index (Phi) is 9.00. The molecule has 8 nitrogen and oxygen atoms in total. The van der Waals surface area contributed by atoms with Gasteiger partial charge >= 0.3 is 11.9 Å². The number of hydrogen-bond donors (Lipinski definition) is 0. The van der Waals surface area contributed by atoms with Crippen LogP contribution in [0.3, 0.4) is 0 Å². The molecule has 2 aromatic heterocycles. The topological polar surface area (TPSA) is 105 Å². The Balaban J connectivity index is 1.22. The van der Waals surface area contributed by atoms with Gasteiger partial charge in [0.15, 0.2) is 0 Å². The molecule has 0 radical (unpaired) electrons. The lowest BCUT2D eigenvalue weighted by Crippen LogP contribution is -2.13. The first-order valence-corrected chi connectivity index (χ1v) is 17.4. The Morgan fingerprint density at radius 2 is 0.943 bits per heavy atom. The van der Waals surface area contributed by atoms with Crippen molar-refractivity contribution in [2.75, 3.05) is 0 Å². The largest absolute Gasteiger partial charge is 0.422 e. The smallest absolute Gasteiger partial charge is 0.349 e. The number of benzene rings is 6. The second-order valence-electron chi connectivity index (χ2n) is 12.4. The fraction of sp³-hybridized carbons (Fsp3) is 0.0698. The van der Waals surface area contributed by atoms with Crippen LogP contribution in [-0.2, 0) is 6.42 Å². The van der Waals surface area contributed by atoms with Gasteiger partial charge in [-0.3, -0.25) is 0 Å². The van der Waals surface area contributed by atoms with Gasteiger partial charge in [-0.2, -0.15) is 0 Å². The van der Waals surface area contributed by atoms with Crippen molar-refractivity contribution in [3.8, 4) is 34.0 Å². The zero-order valence-corrected chi connectivity index (χ0v) is 29.9. The molecule has 2 heterocycles. The standard InChI is InChI=1S/C43H28Cl2N2O6/c1-24-38(40(46-52-24)30-15-7-9-17-34(30)44)42(48)50-36-21-19-26-11-3-5-13-28(26)32(36)23-33-29-14-6-4-12-27(29)20-22-37(33)51-43(49)39-25(2)53-47-41(39)31-16-8-10-18-35(31)45/h3-22H,23H2,1-2H3. The number of ether oxygens (including phenoxy) is 2. The van der Waals surface area contributed by atoms with Crippen molar-refractivity contribution in [1.29, 1.82) is 0 Å². The second-order valence-corrected chi connectivity index (χ2v) is 13.2. The van der Waals surface area contributed by atoms with Crippen LogP contribution >= 0.6 is 23.2 Å². The van der Waals surface area contributed by atoms with Crippen LogP contribution in [0.2, 0.25) is 10.0 Å². The Morgan fingerprint density at radius 1 is 0.547 bits per heavy atom. The van der Waals surface area contributed by atoms with Crippen LogP contribution in [0.5, 0.6) is 11.5 Å². The van der Waals surface area contributed by atoms with E-state index >= 15 is 0 Å². The number of carbonyl (C=O) groups is 2. The maximum absolute atomic E-state index is 14.0. The Labute approximate surface area is 313 Å². The van der Waals surface area contributed by atoms with Gasteiger partial charge in [0.05, 0.1) is 10.0 Å². The van der Waals surface area contributed by atoms with Crippen molar-refractivity contribution in [3.05, 3.63) is 165 Å². The van der Waals surface area contributed by atoms with Gasteiger partial charge in [0, 0.05) is 28.7 Å². The van der Waals surface area contributed by atoms with E-state index in [0.29, 0.717) is 43.8 Å². The van der Waals surface area contributed by atoms with Crippen LogP contribution in [0.1, 0.15) is 43.4 Å². The van der Waals surface area contributed by atoms with Crippen molar-refractivity contribution >= 4 is 56.7 Å². The number of aryl methyl sites for hydroxylation is 2. The third-order valence-corrected chi connectivity index (χ3v) is 9.80. The van der Waals surface area contributed by atoms with Crippen molar-refractivity contribution < 1.29 is 28.1 Å². The fourth-order valence-electron chi connectivity index (χ4n) is 6.57. The third kappa shape index (κ3) is 6.33. The SMILES string of the molecule is Cc1onc(-c2ccccc2Cl)c1C(=O)Oc1ccc2ccccc2c1Cc1c(OC(=O)c2c(-c3ccccc3Cl)noc2C)ccc2ccccc12. The number of carbonyl (C=O) groups excluding carboxylic acids is 2. The molecular formula is C43H28Cl2N2O6. The molecule has 8 rings (SSSR count). The number of aromatic nitrogens is 2. The number of fused-ring (bicyclic) bond motifs is 2. The minimum atomic E-state index is -0.658. The summed E-state index contributed by atoms with van der Waals surface area (Å²) in [5.74, 6) is -0.1000. The first kappa shape index (κ1) is 33.9. The van der Waals surface area contributed by atoms with Gasteiger partial charge in [0.25, 0.3) is 0 Å². The zero-order chi connectivity index (χ0) is 36.6. The molecule has 0 atom stereocenters. The molecule has 0 saturated heterocycles. The van der Waals surface area contributed by atoms with E-state index in [1.54, 1.807) is 74.5 Å². The monoisotopic (exact) mass is 738 g/mol. The molecule has 0 aliphatic carbocycles. The van der Waals surface area contributed by atoms with E-state index < -0.39 is 11.9 Å². The summed E-state index contributed by atoms with van der Waals surface area (Å²) in [7, 11) is 0. The highest BCUT2D eigenvalue weighted by Gasteiger charge is 2.28. The van der Waals surface area contributed by atoms with Crippen molar-refractivity contribution in [1.82, 2.24) is 10.3 Å². The average molecular weight is 740 g/mol. The molecule has 0 saturated carbocycles. The molecule has 6 aromatic carbocycles. The number of halogens is 2. The number of nitrogens with zero attached hydrogens (tertiary/aromatic N) is 2. The lowest BCUT2D eigenvalue weighted by atomic mass is 9.93. The summed E-state index contributed by atoms with van der Waals surface area (Å²) in [5.41, 5.74) is 3.38. The summed E-state index contributed by atoms with van der Waals surface area (Å²) in [6, 6.07) is 37.1. The van der Waals surface area contributed by atoms with E-state index in [4.69, 9.17) is 41.7 Å². The van der Waals surface area contributed by atoms with Crippen LogP contribution in [0.15, 0.2) is 130 Å². The van der Waals surface area contributed by atoms with E-state index in [-0.39, 0.29) is 40.5 Å². The average Bonchev–Trinajstić information content (AvgIpc) is 3.75. The van der Waals surface area contributed by atoms with Gasteiger partial charge in [-0.25, -0.2) is 9.59 Å². The summed E-state index contributed by atoms with van der Waals surface area (Å²) in [4.78, 5) is 28.1. The molecule has 0 aliphatic rings. The van der Waals surface area contributed by atoms with Gasteiger partial charge < -0.3 is 18.5 Å². The highest BCUT2D eigenvalue weighted by molar-refractivity contribution is 6.34. The number of rotatable bonds is 8. The first-order chi connectivity index (χ1) is 25.8. The minimum absolute atomic E-state index is 0.162. The van der Waals surface area contributed by atoms with Crippen LogP contribution < -0.4 is 9.47 Å². The summed E-state index contributed by atoms with van der Waals surface area (Å²) in [6.07, 6.45) is 0.230. The molecular weight excluding hydrogens is 711 g/mol. The van der Waals surface area contributed by atoms with Gasteiger partial charge in [-0.15, -0.1) is 0 Å². The van der Waals surface area contributed by atoms with E-state index in [1.807, 2.05) is 60.7 Å². The maximum atomic E-state index is 14.0. The van der Waals surface area contributed by atoms with Gasteiger partial charge in [0.1, 0.15) is 45.5 Å². The molecule has 8 aromatic rings. The molecule has 53 heavy (non-hydrogen) atoms. The minimum Gasteiger partial charge on any atom is -0.422 e. The van der Waals surface area contributed by atoms with Gasteiger partial charge in [0.2, 0.25) is 0 Å². The summed E-state index contributed by atoms with van der Waals surface area (Å²) >= 11 is 13.0. The number of esters is 2. The molecule has 0 unspecified atom stereocenters. The molecule has 0 fully saturated rings. The molecule has 0 spiro atoms. The van der Waals surface area contributed by atoms with Crippen LogP contribution in [0.25, 0.3) is 44.1 Å². The number of hydrogen-bond acceptors (Lipinski definition) is 8. The lowest BCUT2D eigenvalue weighted by Gasteiger charge is -2.17. The van der Waals surface area contributed by atoms with Crippen molar-refractivity contribution in [2.45, 2.75) is 20.3 Å². The van der Waals surface area contributed by atoms with Crippen LogP contribution in [0.4, 0.5) is 0 Å². The predicted molar refractivity (Wildman–Crippen MR) is 204 cm³/mol. The molecule has 0 amide bonds. The summed E-state index contributed by atoms with van der Waals surface area (Å²) in [5, 5.41) is 12.7. The van der Waals surface area contributed by atoms with Crippen LogP contribution in [-0.4, -0.2) is 22.3 Å². The fourth-order valence-corrected chi connectivity index (χ4v) is 7.02. The molecule has 0 bridgehead atoms. The Bertz CT molecular complexity index is 2530. The molecule has 10 heteroatoms. The normalized spacial score (nSPS) is 11.2. The third-order valence-electron chi connectivity index (χ3n) is 9.15. The molecule has 260 valence electrons. The Hall–Kier alpha value is -6.22. The summed E-state index contributed by atoms with van der Waals surface area (Å²) in [6.45, 7) is 3.30. The van der Waals surface area contributed by atoms with Gasteiger partial charge in [-0.1, -0.05) is 131 Å². The first-order valence-electron chi connectivity index (χ1n) is 16.7. The van der Waals surface area contributed by atoms with E-state index in [9.17, 15) is 9.59 Å². The highest BCUT2D eigenvalue weighted by Crippen LogP contribution is 2.39. The van der Waals surface area contributed by atoms with Crippen molar-refractivity contribution in [2.24, 2.45) is 0 Å². The van der Waals surface area contributed by atoms with Crippen molar-refractivity contribution in [3.63, 3.8) is 0 Å². The predicted octanol–water partition coefficient (Wildman–Crippen LogP) is 11.3. The quantitative estimate of drug-likeness (QED) is 0.112. The van der Waals surface area contributed by atoms with Gasteiger partial charge in [-0.05, 0) is 59.7 Å². The van der Waals surface area contributed by atoms with Crippen LogP contribution in [0, 0.1) is 13.8 Å². The Morgan fingerprint density at radius 3 is 1.38 bits per heavy atom. The highest BCUT2D eigenvalue weighted by atomic mass is 35.5. The summed E-state index contributed by atoms with van der Waals surface area (Å²) < 4.78 is 23.4. The zero-order valence-electron chi connectivity index (χ0n) is 28.4. The molecule has 0 aliphatic heterocycles. The van der Waals surface area contributed by atoms with E-state index in [0.717, 1.165) is 21.5 Å². The maximum Gasteiger partial charge on any atom is 0.349 e. The lowest BCUT2D eigenvalue weighted by molar-refractivity contribution is 0.0724. The molecule has 0 N–H and O–H groups in total. The second kappa shape index (κ2) is 14.1. The van der Waals surface area contributed by atoms with E-state index in [1.165, 1.54) is 0 Å².